The van der Waals surface area contributed by atoms with Crippen molar-refractivity contribution in [2.45, 2.75) is 32.4 Å². The van der Waals surface area contributed by atoms with E-state index in [1.807, 2.05) is 6.92 Å². The third-order valence-corrected chi connectivity index (χ3v) is 3.04. The Morgan fingerprint density at radius 1 is 1.53 bits per heavy atom. The van der Waals surface area contributed by atoms with Gasteiger partial charge in [0.15, 0.2) is 5.84 Å². The molecule has 6 heteroatoms. The lowest BCUT2D eigenvalue weighted by Crippen LogP contribution is -2.37. The van der Waals surface area contributed by atoms with E-state index in [-0.39, 0.29) is 5.84 Å². The maximum atomic E-state index is 13.2. The summed E-state index contributed by atoms with van der Waals surface area (Å²) in [5, 5.41) is 24.5. The Morgan fingerprint density at radius 2 is 2.21 bits per heavy atom. The Hall–Kier alpha value is -1.66. The maximum absolute atomic E-state index is 13.2. The molecule has 1 unspecified atom stereocenters. The summed E-state index contributed by atoms with van der Waals surface area (Å²) in [5.41, 5.74) is 5.75. The Bertz CT molecular complexity index is 461. The number of hydrogen-bond acceptors (Lipinski definition) is 4. The van der Waals surface area contributed by atoms with E-state index in [9.17, 15) is 9.50 Å². The number of nitrogens with two attached hydrogens (primary N) is 1. The summed E-state index contributed by atoms with van der Waals surface area (Å²) < 4.78 is 13.2. The summed E-state index contributed by atoms with van der Waals surface area (Å²) in [5.74, 6) is -0.593. The highest BCUT2D eigenvalue weighted by Gasteiger charge is 2.17. The number of aliphatic hydroxyl groups is 1. The number of amidine groups is 1. The van der Waals surface area contributed by atoms with Gasteiger partial charge in [0.1, 0.15) is 5.82 Å². The van der Waals surface area contributed by atoms with Crippen molar-refractivity contribution in [3.63, 3.8) is 0 Å². The fourth-order valence-electron chi connectivity index (χ4n) is 1.59. The molecule has 1 aromatic carbocycles. The molecular formula is C13H20FN3O2. The molecule has 19 heavy (non-hydrogen) atoms. The molecule has 0 aliphatic carbocycles. The van der Waals surface area contributed by atoms with Crippen LogP contribution in [0.15, 0.2) is 23.4 Å². The molecule has 1 atom stereocenters. The molecule has 0 amide bonds. The fourth-order valence-corrected chi connectivity index (χ4v) is 1.59. The fraction of sp³-hybridized carbons (Fsp3) is 0.462. The van der Waals surface area contributed by atoms with E-state index in [0.717, 1.165) is 0 Å². The molecule has 0 saturated heterocycles. The van der Waals surface area contributed by atoms with E-state index in [1.54, 1.807) is 13.0 Å². The van der Waals surface area contributed by atoms with Gasteiger partial charge in [0.2, 0.25) is 0 Å². The molecule has 5 nitrogen and oxygen atoms in total. The van der Waals surface area contributed by atoms with Gasteiger partial charge in [-0.05, 0) is 31.0 Å². The van der Waals surface area contributed by atoms with Gasteiger partial charge in [-0.25, -0.2) is 4.39 Å². The van der Waals surface area contributed by atoms with Crippen LogP contribution in [-0.2, 0) is 6.54 Å². The summed E-state index contributed by atoms with van der Waals surface area (Å²) in [6.07, 6.45) is 0.622. The van der Waals surface area contributed by atoms with Crippen molar-refractivity contribution >= 4 is 5.84 Å². The van der Waals surface area contributed by atoms with Gasteiger partial charge in [0.05, 0.1) is 5.60 Å². The first-order chi connectivity index (χ1) is 8.89. The van der Waals surface area contributed by atoms with Crippen molar-refractivity contribution in [3.05, 3.63) is 35.1 Å². The smallest absolute Gasteiger partial charge is 0.170 e. The van der Waals surface area contributed by atoms with Gasteiger partial charge in [-0.2, -0.15) is 0 Å². The Morgan fingerprint density at radius 3 is 2.79 bits per heavy atom. The van der Waals surface area contributed by atoms with Gasteiger partial charge in [-0.15, -0.1) is 0 Å². The van der Waals surface area contributed by atoms with Crippen molar-refractivity contribution in [1.29, 1.82) is 0 Å². The normalized spacial score (nSPS) is 15.3. The predicted molar refractivity (Wildman–Crippen MR) is 71.5 cm³/mol. The molecule has 0 bridgehead atoms. The predicted octanol–water partition coefficient (Wildman–Crippen LogP) is 1.17. The highest BCUT2D eigenvalue weighted by molar-refractivity contribution is 5.98. The highest BCUT2D eigenvalue weighted by Crippen LogP contribution is 2.12. The van der Waals surface area contributed by atoms with Crippen molar-refractivity contribution in [3.8, 4) is 0 Å². The zero-order valence-corrected chi connectivity index (χ0v) is 11.2. The Kier molecular flexibility index (Phi) is 5.26. The summed E-state index contributed by atoms with van der Waals surface area (Å²) in [7, 11) is 0. The van der Waals surface area contributed by atoms with Crippen LogP contribution in [0.2, 0.25) is 0 Å². The molecule has 0 aromatic heterocycles. The monoisotopic (exact) mass is 269 g/mol. The van der Waals surface area contributed by atoms with E-state index in [4.69, 9.17) is 10.9 Å². The van der Waals surface area contributed by atoms with Crippen LogP contribution in [0, 0.1) is 5.82 Å². The van der Waals surface area contributed by atoms with Crippen LogP contribution >= 0.6 is 0 Å². The lowest BCUT2D eigenvalue weighted by Gasteiger charge is -2.22. The first-order valence-corrected chi connectivity index (χ1v) is 6.09. The first-order valence-electron chi connectivity index (χ1n) is 6.09. The van der Waals surface area contributed by atoms with Crippen LogP contribution in [0.3, 0.4) is 0 Å². The van der Waals surface area contributed by atoms with E-state index in [1.165, 1.54) is 12.1 Å². The maximum Gasteiger partial charge on any atom is 0.170 e. The lowest BCUT2D eigenvalue weighted by atomic mass is 10.0. The molecule has 0 aliphatic rings. The minimum Gasteiger partial charge on any atom is -0.409 e. The van der Waals surface area contributed by atoms with Gasteiger partial charge in [-0.3, -0.25) is 0 Å². The molecule has 106 valence electrons. The number of nitrogens with one attached hydrogen (secondary N) is 1. The second kappa shape index (κ2) is 6.49. The average molecular weight is 269 g/mol. The highest BCUT2D eigenvalue weighted by atomic mass is 19.1. The molecule has 0 heterocycles. The Balaban J connectivity index is 2.79. The third-order valence-electron chi connectivity index (χ3n) is 3.04. The van der Waals surface area contributed by atoms with Crippen molar-refractivity contribution in [2.75, 3.05) is 6.54 Å². The number of halogens is 1. The Labute approximate surface area is 111 Å². The van der Waals surface area contributed by atoms with E-state index in [0.29, 0.717) is 30.6 Å². The van der Waals surface area contributed by atoms with Gasteiger partial charge in [-0.1, -0.05) is 18.1 Å². The van der Waals surface area contributed by atoms with Gasteiger partial charge in [0, 0.05) is 18.7 Å². The first kappa shape index (κ1) is 15.4. The van der Waals surface area contributed by atoms with Crippen molar-refractivity contribution < 1.29 is 14.7 Å². The zero-order valence-electron chi connectivity index (χ0n) is 11.2. The minimum atomic E-state index is -0.795. The molecular weight excluding hydrogens is 249 g/mol. The van der Waals surface area contributed by atoms with E-state index in [2.05, 4.69) is 10.5 Å². The van der Waals surface area contributed by atoms with Crippen LogP contribution in [0.25, 0.3) is 0 Å². The van der Waals surface area contributed by atoms with Gasteiger partial charge >= 0.3 is 0 Å². The number of nitrogens with zero attached hydrogens (tertiary/aromatic N) is 1. The summed E-state index contributed by atoms with van der Waals surface area (Å²) in [6.45, 7) is 4.41. The molecule has 1 aromatic rings. The van der Waals surface area contributed by atoms with Crippen LogP contribution in [0.1, 0.15) is 31.4 Å². The van der Waals surface area contributed by atoms with Gasteiger partial charge < -0.3 is 21.4 Å². The molecule has 0 fully saturated rings. The molecule has 0 aliphatic heterocycles. The standard InChI is InChI=1S/C13H20FN3O2/c1-3-13(2,18)8-16-7-9-4-5-10(14)6-11(9)12(15)17-19/h4-6,16,18-19H,3,7-8H2,1-2H3,(H2,15,17). The minimum absolute atomic E-state index is 0.140. The number of oxime groups is 1. The van der Waals surface area contributed by atoms with Crippen molar-refractivity contribution in [2.24, 2.45) is 10.9 Å². The second-order valence-electron chi connectivity index (χ2n) is 4.74. The van der Waals surface area contributed by atoms with E-state index >= 15 is 0 Å². The molecule has 5 N–H and O–H groups in total. The van der Waals surface area contributed by atoms with Crippen molar-refractivity contribution in [1.82, 2.24) is 5.32 Å². The zero-order chi connectivity index (χ0) is 14.5. The molecule has 0 saturated carbocycles. The third kappa shape index (κ3) is 4.50. The second-order valence-corrected chi connectivity index (χ2v) is 4.74. The number of benzene rings is 1. The quantitative estimate of drug-likeness (QED) is 0.270. The van der Waals surface area contributed by atoms with Crippen LogP contribution in [-0.4, -0.2) is 28.3 Å². The van der Waals surface area contributed by atoms with Crippen LogP contribution in [0.5, 0.6) is 0 Å². The average Bonchev–Trinajstić information content (AvgIpc) is 2.39. The van der Waals surface area contributed by atoms with E-state index < -0.39 is 11.4 Å². The van der Waals surface area contributed by atoms with Gasteiger partial charge in [0.25, 0.3) is 0 Å². The summed E-state index contributed by atoms with van der Waals surface area (Å²) in [4.78, 5) is 0. The lowest BCUT2D eigenvalue weighted by molar-refractivity contribution is 0.0555. The largest absolute Gasteiger partial charge is 0.409 e. The molecule has 1 rings (SSSR count). The summed E-state index contributed by atoms with van der Waals surface area (Å²) in [6, 6.07) is 4.09. The molecule has 0 radical (unpaired) electrons. The van der Waals surface area contributed by atoms with Crippen LogP contribution in [0.4, 0.5) is 4.39 Å². The molecule has 0 spiro atoms. The van der Waals surface area contributed by atoms with Crippen LogP contribution < -0.4 is 11.1 Å². The SMILES string of the molecule is CCC(C)(O)CNCc1ccc(F)cc1C(N)=NO. The summed E-state index contributed by atoms with van der Waals surface area (Å²) >= 11 is 0. The topological polar surface area (TPSA) is 90.9 Å². The number of rotatable bonds is 6. The number of hydrogen-bond donors (Lipinski definition) is 4.